The average Bonchev–Trinajstić information content (AvgIpc) is 2.68. The maximum atomic E-state index is 12.3. The lowest BCUT2D eigenvalue weighted by atomic mass is 9.89. The highest BCUT2D eigenvalue weighted by Crippen LogP contribution is 2.27. The molecule has 144 valence electrons. The van der Waals surface area contributed by atoms with Crippen LogP contribution in [0.3, 0.4) is 0 Å². The summed E-state index contributed by atoms with van der Waals surface area (Å²) in [7, 11) is 0. The molecule has 0 saturated heterocycles. The van der Waals surface area contributed by atoms with Crippen LogP contribution in [0.1, 0.15) is 62.2 Å². The van der Waals surface area contributed by atoms with Gasteiger partial charge in [-0.25, -0.2) is 4.79 Å². The van der Waals surface area contributed by atoms with Crippen LogP contribution in [-0.2, 0) is 4.79 Å². The van der Waals surface area contributed by atoms with E-state index in [0.29, 0.717) is 23.3 Å². The number of fused-ring (bicyclic) bond motifs is 1. The SMILES string of the molecule is CCCCNC(=O)c1cc2ccc(OC(=O)C3CCCCC3)cc2oc1=O. The molecule has 1 N–H and O–H groups in total. The van der Waals surface area contributed by atoms with Crippen LogP contribution in [0.2, 0.25) is 0 Å². The van der Waals surface area contributed by atoms with Gasteiger partial charge in [-0.15, -0.1) is 0 Å². The molecule has 1 heterocycles. The normalized spacial score (nSPS) is 14.9. The van der Waals surface area contributed by atoms with E-state index in [0.717, 1.165) is 38.5 Å². The molecule has 0 aliphatic heterocycles. The lowest BCUT2D eigenvalue weighted by Crippen LogP contribution is -2.29. The summed E-state index contributed by atoms with van der Waals surface area (Å²) < 4.78 is 10.7. The van der Waals surface area contributed by atoms with E-state index in [9.17, 15) is 14.4 Å². The van der Waals surface area contributed by atoms with Crippen molar-refractivity contribution in [3.63, 3.8) is 0 Å². The van der Waals surface area contributed by atoms with E-state index in [-0.39, 0.29) is 17.5 Å². The fourth-order valence-corrected chi connectivity index (χ4v) is 3.33. The first-order chi connectivity index (χ1) is 13.1. The lowest BCUT2D eigenvalue weighted by Gasteiger charge is -2.19. The lowest BCUT2D eigenvalue weighted by molar-refractivity contribution is -0.139. The molecule has 1 aliphatic rings. The van der Waals surface area contributed by atoms with Crippen molar-refractivity contribution in [1.29, 1.82) is 0 Å². The van der Waals surface area contributed by atoms with E-state index < -0.39 is 11.5 Å². The van der Waals surface area contributed by atoms with Crippen molar-refractivity contribution >= 4 is 22.8 Å². The summed E-state index contributed by atoms with van der Waals surface area (Å²) in [5.74, 6) is -0.382. The zero-order valence-electron chi connectivity index (χ0n) is 15.6. The van der Waals surface area contributed by atoms with Gasteiger partial charge < -0.3 is 14.5 Å². The molecule has 6 heteroatoms. The molecule has 2 aromatic rings. The fourth-order valence-electron chi connectivity index (χ4n) is 3.33. The van der Waals surface area contributed by atoms with Gasteiger partial charge in [0.25, 0.3) is 5.91 Å². The third-order valence-electron chi connectivity index (χ3n) is 4.92. The Morgan fingerprint density at radius 3 is 2.70 bits per heavy atom. The van der Waals surface area contributed by atoms with Crippen LogP contribution in [-0.4, -0.2) is 18.4 Å². The Bertz CT molecular complexity index is 880. The van der Waals surface area contributed by atoms with E-state index >= 15 is 0 Å². The van der Waals surface area contributed by atoms with Crippen molar-refractivity contribution in [1.82, 2.24) is 5.32 Å². The Morgan fingerprint density at radius 2 is 1.96 bits per heavy atom. The minimum atomic E-state index is -0.702. The van der Waals surface area contributed by atoms with Crippen LogP contribution in [0.25, 0.3) is 11.0 Å². The largest absolute Gasteiger partial charge is 0.426 e. The van der Waals surface area contributed by atoms with Crippen LogP contribution < -0.4 is 15.7 Å². The highest BCUT2D eigenvalue weighted by Gasteiger charge is 2.23. The summed E-state index contributed by atoms with van der Waals surface area (Å²) in [4.78, 5) is 36.6. The maximum absolute atomic E-state index is 12.3. The second-order valence-electron chi connectivity index (χ2n) is 7.01. The number of amides is 1. The first kappa shape index (κ1) is 19.1. The summed E-state index contributed by atoms with van der Waals surface area (Å²) >= 11 is 0. The van der Waals surface area contributed by atoms with Crippen molar-refractivity contribution < 1.29 is 18.7 Å². The molecule has 1 fully saturated rings. The van der Waals surface area contributed by atoms with Gasteiger partial charge in [0, 0.05) is 18.0 Å². The van der Waals surface area contributed by atoms with Crippen LogP contribution in [0.4, 0.5) is 0 Å². The van der Waals surface area contributed by atoms with E-state index in [2.05, 4.69) is 5.32 Å². The Labute approximate surface area is 157 Å². The van der Waals surface area contributed by atoms with Crippen molar-refractivity contribution in [3.8, 4) is 5.75 Å². The van der Waals surface area contributed by atoms with Gasteiger partial charge in [0.15, 0.2) is 0 Å². The molecule has 0 spiro atoms. The number of ether oxygens (including phenoxy) is 1. The molecule has 3 rings (SSSR count). The fraction of sp³-hybridized carbons (Fsp3) is 0.476. The smallest absolute Gasteiger partial charge is 0.349 e. The summed E-state index contributed by atoms with van der Waals surface area (Å²) in [5, 5.41) is 3.32. The minimum Gasteiger partial charge on any atom is -0.426 e. The van der Waals surface area contributed by atoms with E-state index in [1.54, 1.807) is 12.1 Å². The minimum absolute atomic E-state index is 0.0226. The van der Waals surface area contributed by atoms with E-state index in [1.807, 2.05) is 6.92 Å². The number of carbonyl (C=O) groups excluding carboxylic acids is 2. The summed E-state index contributed by atoms with van der Waals surface area (Å²) in [6.07, 6.45) is 6.79. The Kier molecular flexibility index (Phi) is 6.27. The second-order valence-corrected chi connectivity index (χ2v) is 7.01. The Hall–Kier alpha value is -2.63. The number of rotatable bonds is 6. The van der Waals surface area contributed by atoms with Gasteiger partial charge in [-0.1, -0.05) is 32.6 Å². The zero-order chi connectivity index (χ0) is 19.2. The van der Waals surface area contributed by atoms with Gasteiger partial charge in [0.2, 0.25) is 0 Å². The van der Waals surface area contributed by atoms with Gasteiger partial charge >= 0.3 is 11.6 Å². The molecule has 0 radical (unpaired) electrons. The van der Waals surface area contributed by atoms with E-state index in [1.165, 1.54) is 18.6 Å². The molecule has 0 atom stereocenters. The van der Waals surface area contributed by atoms with Crippen LogP contribution in [0, 0.1) is 5.92 Å². The summed E-state index contributed by atoms with van der Waals surface area (Å²) in [6.45, 7) is 2.54. The predicted molar refractivity (Wildman–Crippen MR) is 102 cm³/mol. The highest BCUT2D eigenvalue weighted by molar-refractivity contribution is 5.96. The standard InChI is InChI=1S/C21H25NO5/c1-2-3-11-22-19(23)17-12-15-9-10-16(13-18(15)27-21(17)25)26-20(24)14-7-5-4-6-8-14/h9-10,12-14H,2-8,11H2,1H3,(H,22,23). The van der Waals surface area contributed by atoms with Crippen molar-refractivity contribution in [3.05, 3.63) is 40.2 Å². The van der Waals surface area contributed by atoms with Crippen LogP contribution in [0.15, 0.2) is 33.5 Å². The van der Waals surface area contributed by atoms with Crippen LogP contribution >= 0.6 is 0 Å². The van der Waals surface area contributed by atoms with Gasteiger partial charge in [0.05, 0.1) is 5.92 Å². The molecule has 0 unspecified atom stereocenters. The molecule has 1 aliphatic carbocycles. The number of unbranched alkanes of at least 4 members (excludes halogenated alkanes) is 1. The van der Waals surface area contributed by atoms with Crippen LogP contribution in [0.5, 0.6) is 5.75 Å². The molecule has 1 amide bonds. The zero-order valence-corrected chi connectivity index (χ0v) is 15.6. The number of nitrogens with one attached hydrogen (secondary N) is 1. The number of benzene rings is 1. The monoisotopic (exact) mass is 371 g/mol. The predicted octanol–water partition coefficient (Wildman–Crippen LogP) is 3.81. The number of hydrogen-bond donors (Lipinski definition) is 1. The summed E-state index contributed by atoms with van der Waals surface area (Å²) in [5.41, 5.74) is -0.433. The number of esters is 1. The molecule has 1 aromatic carbocycles. The average molecular weight is 371 g/mol. The molecule has 1 saturated carbocycles. The Morgan fingerprint density at radius 1 is 1.19 bits per heavy atom. The van der Waals surface area contributed by atoms with E-state index in [4.69, 9.17) is 9.15 Å². The first-order valence-corrected chi connectivity index (χ1v) is 9.66. The molecule has 0 bridgehead atoms. The molecule has 6 nitrogen and oxygen atoms in total. The molecular weight excluding hydrogens is 346 g/mol. The van der Waals surface area contributed by atoms with Gasteiger partial charge in [-0.3, -0.25) is 9.59 Å². The van der Waals surface area contributed by atoms with Gasteiger partial charge in [-0.05, 0) is 37.5 Å². The highest BCUT2D eigenvalue weighted by atomic mass is 16.5. The van der Waals surface area contributed by atoms with Crippen molar-refractivity contribution in [2.24, 2.45) is 5.92 Å². The van der Waals surface area contributed by atoms with Gasteiger partial charge in [-0.2, -0.15) is 0 Å². The molecule has 27 heavy (non-hydrogen) atoms. The van der Waals surface area contributed by atoms with Crippen molar-refractivity contribution in [2.45, 2.75) is 51.9 Å². The topological polar surface area (TPSA) is 85.6 Å². The number of hydrogen-bond acceptors (Lipinski definition) is 5. The third-order valence-corrected chi connectivity index (χ3v) is 4.92. The third kappa shape index (κ3) is 4.76. The summed E-state index contributed by atoms with van der Waals surface area (Å²) in [6, 6.07) is 6.37. The Balaban J connectivity index is 1.75. The molecule has 1 aromatic heterocycles. The first-order valence-electron chi connectivity index (χ1n) is 9.66. The molecular formula is C21H25NO5. The maximum Gasteiger partial charge on any atom is 0.349 e. The number of carbonyl (C=O) groups is 2. The van der Waals surface area contributed by atoms with Gasteiger partial charge in [0.1, 0.15) is 16.9 Å². The quantitative estimate of drug-likeness (QED) is 0.361. The second kappa shape index (κ2) is 8.84. The van der Waals surface area contributed by atoms with Crippen molar-refractivity contribution in [2.75, 3.05) is 6.54 Å².